The van der Waals surface area contributed by atoms with Crippen LogP contribution in [0.5, 0.6) is 5.75 Å². The second-order valence-corrected chi connectivity index (χ2v) is 12.6. The van der Waals surface area contributed by atoms with Gasteiger partial charge in [0.05, 0.1) is 10.5 Å². The van der Waals surface area contributed by atoms with Gasteiger partial charge >= 0.3 is 5.63 Å². The molecule has 0 amide bonds. The Hall–Kier alpha value is -4.04. The van der Waals surface area contributed by atoms with Gasteiger partial charge in [-0.15, -0.1) is 0 Å². The smallest absolute Gasteiger partial charge is 0.343 e. The summed E-state index contributed by atoms with van der Waals surface area (Å²) >= 11 is 0. The topological polar surface area (TPSA) is 99.9 Å². The average molecular weight is 573 g/mol. The van der Waals surface area contributed by atoms with Crippen LogP contribution in [0.15, 0.2) is 99.0 Å². The first-order chi connectivity index (χ1) is 19.7. The van der Waals surface area contributed by atoms with Crippen molar-refractivity contribution in [3.63, 3.8) is 0 Å². The quantitative estimate of drug-likeness (QED) is 0.213. The molecule has 4 aromatic rings. The third-order valence-corrected chi connectivity index (χ3v) is 9.17. The molecule has 0 bridgehead atoms. The van der Waals surface area contributed by atoms with Gasteiger partial charge in [-0.1, -0.05) is 49.4 Å². The fourth-order valence-electron chi connectivity index (χ4n) is 5.38. The minimum absolute atomic E-state index is 0.0473. The van der Waals surface area contributed by atoms with Gasteiger partial charge in [-0.3, -0.25) is 4.72 Å². The van der Waals surface area contributed by atoms with Crippen LogP contribution >= 0.6 is 0 Å². The van der Waals surface area contributed by atoms with Crippen molar-refractivity contribution in [2.75, 3.05) is 23.7 Å². The Morgan fingerprint density at radius 2 is 1.68 bits per heavy atom. The summed E-state index contributed by atoms with van der Waals surface area (Å²) in [5.74, 6) is 0.101. The Labute approximate surface area is 241 Å². The number of benzene rings is 3. The highest BCUT2D eigenvalue weighted by Gasteiger charge is 2.38. The summed E-state index contributed by atoms with van der Waals surface area (Å²) in [5.41, 5.74) is 2.85. The molecule has 0 spiro atoms. The summed E-state index contributed by atoms with van der Waals surface area (Å²) < 4.78 is 34.8. The number of sulfonamides is 1. The molecule has 1 heterocycles. The Kier molecular flexibility index (Phi) is 8.22. The van der Waals surface area contributed by atoms with E-state index in [9.17, 15) is 18.3 Å². The molecule has 3 aromatic carbocycles. The fraction of sp³-hybridized carbons (Fsp3) is 0.303. The first-order valence-corrected chi connectivity index (χ1v) is 15.5. The van der Waals surface area contributed by atoms with Crippen molar-refractivity contribution < 1.29 is 17.9 Å². The number of nitrogens with one attached hydrogen (secondary N) is 1. The number of hydrogen-bond acceptors (Lipinski definition) is 6. The van der Waals surface area contributed by atoms with Crippen LogP contribution < -0.4 is 15.2 Å². The monoisotopic (exact) mass is 572 g/mol. The van der Waals surface area contributed by atoms with Gasteiger partial charge in [0.15, 0.2) is 0 Å². The number of nitrogens with zero attached hydrogens (tertiary/aromatic N) is 1. The van der Waals surface area contributed by atoms with Crippen LogP contribution in [-0.4, -0.2) is 27.6 Å². The lowest BCUT2D eigenvalue weighted by atomic mass is 9.86. The van der Waals surface area contributed by atoms with Crippen LogP contribution in [0.3, 0.4) is 0 Å². The van der Waals surface area contributed by atoms with Gasteiger partial charge in [0.2, 0.25) is 0 Å². The molecular weight excluding hydrogens is 536 g/mol. The summed E-state index contributed by atoms with van der Waals surface area (Å²) in [5, 5.41) is 11.2. The first kappa shape index (κ1) is 28.5. The Morgan fingerprint density at radius 3 is 2.29 bits per heavy atom. The Morgan fingerprint density at radius 1 is 0.976 bits per heavy atom. The van der Waals surface area contributed by atoms with Crippen molar-refractivity contribution in [1.29, 1.82) is 0 Å². The van der Waals surface area contributed by atoms with E-state index in [1.54, 1.807) is 48.5 Å². The Balaban J connectivity index is 1.43. The predicted molar refractivity (Wildman–Crippen MR) is 162 cm³/mol. The minimum Gasteiger partial charge on any atom is -0.507 e. The van der Waals surface area contributed by atoms with E-state index >= 15 is 0 Å². The molecule has 5 rings (SSSR count). The molecule has 41 heavy (non-hydrogen) atoms. The van der Waals surface area contributed by atoms with E-state index in [4.69, 9.17) is 4.42 Å². The average Bonchev–Trinajstić information content (AvgIpc) is 3.79. The highest BCUT2D eigenvalue weighted by atomic mass is 32.2. The maximum atomic E-state index is 13.4. The van der Waals surface area contributed by atoms with Gasteiger partial charge in [-0.25, -0.2) is 13.2 Å². The lowest BCUT2D eigenvalue weighted by Gasteiger charge is -2.20. The SMILES string of the molecule is CCC(Cc1ccccc1)c1cc(O)c(C(c2cccc(NS(=O)(=O)c3ccc(N(C)C)cc3)c2)C2CC2)c(=O)o1. The number of hydrogen-bond donors (Lipinski definition) is 2. The van der Waals surface area contributed by atoms with Crippen molar-refractivity contribution in [3.8, 4) is 5.75 Å². The zero-order valence-electron chi connectivity index (χ0n) is 23.6. The lowest BCUT2D eigenvalue weighted by molar-refractivity contribution is 0.379. The van der Waals surface area contributed by atoms with Gasteiger partial charge in [-0.2, -0.15) is 0 Å². The van der Waals surface area contributed by atoms with Crippen LogP contribution in [0.25, 0.3) is 0 Å². The molecule has 2 unspecified atom stereocenters. The molecule has 1 aliphatic carbocycles. The molecule has 214 valence electrons. The standard InChI is InChI=1S/C33H36N2O5S/c1-4-23(19-22-9-6-5-7-10-22)30-21-29(36)32(33(37)40-30)31(24-13-14-24)25-11-8-12-26(20-25)34-41(38,39)28-17-15-27(16-18-28)35(2)3/h5-12,15-18,20-21,23-24,31,34,36H,4,13-14,19H2,1-3H3. The van der Waals surface area contributed by atoms with Crippen molar-refractivity contribution in [2.24, 2.45) is 5.92 Å². The van der Waals surface area contributed by atoms with Crippen LogP contribution in [0.1, 0.15) is 60.5 Å². The van der Waals surface area contributed by atoms with E-state index < -0.39 is 21.6 Å². The summed E-state index contributed by atoms with van der Waals surface area (Å²) in [6.45, 7) is 2.04. The van der Waals surface area contributed by atoms with Gasteiger partial charge in [0.25, 0.3) is 10.0 Å². The van der Waals surface area contributed by atoms with Gasteiger partial charge < -0.3 is 14.4 Å². The number of anilines is 2. The van der Waals surface area contributed by atoms with E-state index in [1.807, 2.05) is 62.3 Å². The van der Waals surface area contributed by atoms with Crippen LogP contribution in [0.4, 0.5) is 11.4 Å². The van der Waals surface area contributed by atoms with E-state index in [0.29, 0.717) is 17.9 Å². The maximum Gasteiger partial charge on any atom is 0.343 e. The van der Waals surface area contributed by atoms with Gasteiger partial charge in [0, 0.05) is 43.4 Å². The molecule has 1 saturated carbocycles. The van der Waals surface area contributed by atoms with Gasteiger partial charge in [0.1, 0.15) is 11.5 Å². The maximum absolute atomic E-state index is 13.4. The molecule has 0 radical (unpaired) electrons. The molecular formula is C33H36N2O5S. The van der Waals surface area contributed by atoms with Crippen molar-refractivity contribution >= 4 is 21.4 Å². The largest absolute Gasteiger partial charge is 0.507 e. The molecule has 1 fully saturated rings. The number of rotatable bonds is 11. The van der Waals surface area contributed by atoms with Crippen molar-refractivity contribution in [1.82, 2.24) is 0 Å². The lowest BCUT2D eigenvalue weighted by Crippen LogP contribution is -2.18. The van der Waals surface area contributed by atoms with Gasteiger partial charge in [-0.05, 0) is 79.1 Å². The molecule has 2 atom stereocenters. The third-order valence-electron chi connectivity index (χ3n) is 7.77. The second-order valence-electron chi connectivity index (χ2n) is 11.0. The normalized spacial score (nSPS) is 14.8. The number of aromatic hydroxyl groups is 1. The molecule has 8 heteroatoms. The Bertz CT molecular complexity index is 1660. The first-order valence-electron chi connectivity index (χ1n) is 14.0. The molecule has 0 saturated heterocycles. The predicted octanol–water partition coefficient (Wildman–Crippen LogP) is 6.49. The molecule has 1 aromatic heterocycles. The second kappa shape index (κ2) is 11.8. The van der Waals surface area contributed by atoms with Crippen LogP contribution in [0, 0.1) is 5.92 Å². The van der Waals surface area contributed by atoms with Crippen molar-refractivity contribution in [2.45, 2.75) is 49.3 Å². The van der Waals surface area contributed by atoms with E-state index in [1.165, 1.54) is 0 Å². The molecule has 1 aliphatic rings. The summed E-state index contributed by atoms with van der Waals surface area (Å²) in [7, 11) is -0.0435. The molecule has 2 N–H and O–H groups in total. The zero-order valence-corrected chi connectivity index (χ0v) is 24.4. The molecule has 7 nitrogen and oxygen atoms in total. The van der Waals surface area contributed by atoms with Crippen molar-refractivity contribution in [3.05, 3.63) is 118 Å². The van der Waals surface area contributed by atoms with E-state index in [2.05, 4.69) is 4.72 Å². The van der Waals surface area contributed by atoms with E-state index in [0.717, 1.165) is 36.1 Å². The highest BCUT2D eigenvalue weighted by Crippen LogP contribution is 2.48. The summed E-state index contributed by atoms with van der Waals surface area (Å²) in [4.78, 5) is 15.5. The fourth-order valence-corrected chi connectivity index (χ4v) is 6.43. The summed E-state index contributed by atoms with van der Waals surface area (Å²) in [6.07, 6.45) is 3.27. The zero-order chi connectivity index (χ0) is 29.1. The minimum atomic E-state index is -3.83. The molecule has 0 aliphatic heterocycles. The highest BCUT2D eigenvalue weighted by molar-refractivity contribution is 7.92. The third kappa shape index (κ3) is 6.49. The van der Waals surface area contributed by atoms with Crippen LogP contribution in [0.2, 0.25) is 0 Å². The van der Waals surface area contributed by atoms with Crippen LogP contribution in [-0.2, 0) is 16.4 Å². The summed E-state index contributed by atoms with van der Waals surface area (Å²) in [6, 6.07) is 25.3. The van der Waals surface area contributed by atoms with E-state index in [-0.39, 0.29) is 28.0 Å².